The predicted octanol–water partition coefficient (Wildman–Crippen LogP) is 4.92. The third-order valence-corrected chi connectivity index (χ3v) is 10.3. The number of likely N-dealkylation sites (tertiary alicyclic amines) is 1. The summed E-state index contributed by atoms with van der Waals surface area (Å²) in [6.45, 7) is 5.04. The smallest absolute Gasteiger partial charge is 0.223 e. The first-order valence-corrected chi connectivity index (χ1v) is 12.5. The molecular formula is C27H37FN2O2. The Hall–Kier alpha value is -1.91. The zero-order chi connectivity index (χ0) is 22.7. The lowest BCUT2D eigenvalue weighted by molar-refractivity contribution is -0.159. The maximum Gasteiger partial charge on any atom is 0.223 e. The van der Waals surface area contributed by atoms with E-state index in [4.69, 9.17) is 0 Å². The van der Waals surface area contributed by atoms with E-state index in [2.05, 4.69) is 19.2 Å². The quantitative estimate of drug-likeness (QED) is 0.725. The van der Waals surface area contributed by atoms with E-state index in [9.17, 15) is 14.0 Å². The summed E-state index contributed by atoms with van der Waals surface area (Å²) >= 11 is 0. The third-order valence-electron chi connectivity index (χ3n) is 10.3. The molecule has 1 saturated heterocycles. The molecule has 4 fully saturated rings. The van der Waals surface area contributed by atoms with E-state index in [0.29, 0.717) is 41.7 Å². The van der Waals surface area contributed by atoms with Gasteiger partial charge in [0.15, 0.2) is 0 Å². The Kier molecular flexibility index (Phi) is 5.37. The molecule has 4 unspecified atom stereocenters. The number of fused-ring (bicyclic) bond motifs is 5. The van der Waals surface area contributed by atoms with E-state index in [1.165, 1.54) is 12.5 Å². The number of hydrogen-bond donors (Lipinski definition) is 1. The number of nitrogens with one attached hydrogen (secondary N) is 1. The van der Waals surface area contributed by atoms with Crippen LogP contribution in [0, 0.1) is 40.3 Å². The number of amides is 2. The van der Waals surface area contributed by atoms with Gasteiger partial charge >= 0.3 is 0 Å². The fourth-order valence-electron chi connectivity index (χ4n) is 8.53. The summed E-state index contributed by atoms with van der Waals surface area (Å²) in [5, 5.41) is 3.05. The van der Waals surface area contributed by atoms with Gasteiger partial charge in [-0.3, -0.25) is 9.59 Å². The number of piperidine rings is 1. The number of nitrogens with zero attached hydrogens (tertiary/aromatic N) is 1. The van der Waals surface area contributed by atoms with Crippen LogP contribution in [0.3, 0.4) is 0 Å². The van der Waals surface area contributed by atoms with Crippen molar-refractivity contribution >= 4 is 11.8 Å². The van der Waals surface area contributed by atoms with Crippen LogP contribution in [0.15, 0.2) is 24.3 Å². The highest BCUT2D eigenvalue weighted by molar-refractivity contribution is 5.80. The van der Waals surface area contributed by atoms with Crippen molar-refractivity contribution < 1.29 is 14.0 Å². The molecule has 5 rings (SSSR count). The van der Waals surface area contributed by atoms with Crippen LogP contribution in [-0.4, -0.2) is 29.8 Å². The van der Waals surface area contributed by atoms with Crippen LogP contribution < -0.4 is 5.32 Å². The van der Waals surface area contributed by atoms with E-state index in [1.807, 2.05) is 18.0 Å². The molecule has 3 saturated carbocycles. The summed E-state index contributed by atoms with van der Waals surface area (Å²) in [6, 6.07) is 7.05. The maximum absolute atomic E-state index is 14.0. The zero-order valence-electron chi connectivity index (χ0n) is 19.7. The minimum atomic E-state index is -0.259. The second kappa shape index (κ2) is 7.85. The molecule has 1 aliphatic heterocycles. The molecule has 0 spiro atoms. The first-order chi connectivity index (χ1) is 15.3. The van der Waals surface area contributed by atoms with Crippen LogP contribution in [0.1, 0.15) is 70.8 Å². The van der Waals surface area contributed by atoms with Crippen molar-refractivity contribution in [3.63, 3.8) is 0 Å². The van der Waals surface area contributed by atoms with Crippen LogP contribution in [0.25, 0.3) is 0 Å². The van der Waals surface area contributed by atoms with Gasteiger partial charge in [-0.2, -0.15) is 0 Å². The fourth-order valence-corrected chi connectivity index (χ4v) is 8.53. The lowest BCUT2D eigenvalue weighted by Crippen LogP contribution is -2.61. The van der Waals surface area contributed by atoms with Gasteiger partial charge in [0.1, 0.15) is 5.82 Å². The molecule has 0 bridgehead atoms. The van der Waals surface area contributed by atoms with Gasteiger partial charge in [-0.1, -0.05) is 32.0 Å². The highest BCUT2D eigenvalue weighted by Crippen LogP contribution is 2.66. The van der Waals surface area contributed by atoms with E-state index in [1.54, 1.807) is 12.1 Å². The van der Waals surface area contributed by atoms with E-state index in [0.717, 1.165) is 38.5 Å². The van der Waals surface area contributed by atoms with Gasteiger partial charge in [0.05, 0.1) is 0 Å². The molecule has 1 heterocycles. The van der Waals surface area contributed by atoms with Crippen LogP contribution in [0.4, 0.5) is 4.39 Å². The highest BCUT2D eigenvalue weighted by atomic mass is 19.1. The van der Waals surface area contributed by atoms with Gasteiger partial charge in [-0.05, 0) is 79.6 Å². The van der Waals surface area contributed by atoms with Gasteiger partial charge in [0.25, 0.3) is 0 Å². The third kappa shape index (κ3) is 3.21. The standard InChI is InChI=1S/C27H37FN2O2/c1-26-14-12-20-18(8-11-23-27(20,2)15-13-24(31)30(23)3)19(26)9-10-21(26)25(32)29-16-17-6-4-5-7-22(17)28/h4-7,18-21,23H,8-16H2,1-3H3,(H,29,32)/t18?,19?,20?,21-,23?,26+,27-/m1/s1. The Morgan fingerprint density at radius 3 is 2.59 bits per heavy atom. The lowest BCUT2D eigenvalue weighted by atomic mass is 9.47. The van der Waals surface area contributed by atoms with Gasteiger partial charge in [-0.15, -0.1) is 0 Å². The van der Waals surface area contributed by atoms with Crippen molar-refractivity contribution in [2.75, 3.05) is 7.05 Å². The van der Waals surface area contributed by atoms with Crippen LogP contribution in [0.2, 0.25) is 0 Å². The first-order valence-electron chi connectivity index (χ1n) is 12.5. The van der Waals surface area contributed by atoms with E-state index in [-0.39, 0.29) is 35.0 Å². The van der Waals surface area contributed by atoms with Crippen molar-refractivity contribution in [1.82, 2.24) is 10.2 Å². The summed E-state index contributed by atoms with van der Waals surface area (Å²) in [7, 11) is 2.00. The number of carbonyl (C=O) groups excluding carboxylic acids is 2. The lowest BCUT2D eigenvalue weighted by Gasteiger charge is -2.61. The zero-order valence-corrected chi connectivity index (χ0v) is 19.7. The molecule has 32 heavy (non-hydrogen) atoms. The van der Waals surface area contributed by atoms with Crippen molar-refractivity contribution in [2.45, 2.75) is 77.8 Å². The van der Waals surface area contributed by atoms with Gasteiger partial charge in [0.2, 0.25) is 11.8 Å². The average molecular weight is 441 g/mol. The Morgan fingerprint density at radius 1 is 1.06 bits per heavy atom. The Labute approximate surface area is 191 Å². The number of halogens is 1. The second-order valence-electron chi connectivity index (χ2n) is 11.5. The highest BCUT2D eigenvalue weighted by Gasteiger charge is 2.62. The fraction of sp³-hybridized carbons (Fsp3) is 0.704. The molecular weight excluding hydrogens is 403 g/mol. The normalized spacial score (nSPS) is 40.9. The first kappa shape index (κ1) is 21.9. The van der Waals surface area contributed by atoms with Crippen LogP contribution >= 0.6 is 0 Å². The topological polar surface area (TPSA) is 49.4 Å². The number of carbonyl (C=O) groups is 2. The molecule has 1 aromatic carbocycles. The molecule has 0 radical (unpaired) electrons. The number of benzene rings is 1. The number of rotatable bonds is 3. The minimum Gasteiger partial charge on any atom is -0.352 e. The summed E-state index contributed by atoms with van der Waals surface area (Å²) in [5.74, 6) is 2.03. The average Bonchev–Trinajstić information content (AvgIpc) is 3.13. The van der Waals surface area contributed by atoms with Crippen molar-refractivity contribution in [3.05, 3.63) is 35.6 Å². The van der Waals surface area contributed by atoms with Crippen LogP contribution in [0.5, 0.6) is 0 Å². The Morgan fingerprint density at radius 2 is 1.81 bits per heavy atom. The molecule has 1 N–H and O–H groups in total. The van der Waals surface area contributed by atoms with Gasteiger partial charge in [0, 0.05) is 37.5 Å². The molecule has 4 aliphatic rings. The maximum atomic E-state index is 14.0. The number of hydrogen-bond acceptors (Lipinski definition) is 2. The Bertz CT molecular complexity index is 919. The summed E-state index contributed by atoms with van der Waals surface area (Å²) < 4.78 is 14.0. The summed E-state index contributed by atoms with van der Waals surface area (Å²) in [6.07, 6.45) is 8.24. The van der Waals surface area contributed by atoms with E-state index >= 15 is 0 Å². The molecule has 4 nitrogen and oxygen atoms in total. The van der Waals surface area contributed by atoms with Crippen molar-refractivity contribution in [2.24, 2.45) is 34.5 Å². The SMILES string of the molecule is CN1C(=O)CC[C@]2(C)C3CC[C@@]4(C)C(CC[C@@H]4C(=O)NCc4ccccc4F)C3CCC12. The molecule has 3 aliphatic carbocycles. The van der Waals surface area contributed by atoms with Crippen molar-refractivity contribution in [1.29, 1.82) is 0 Å². The molecule has 2 amide bonds. The van der Waals surface area contributed by atoms with Crippen molar-refractivity contribution in [3.8, 4) is 0 Å². The Balaban J connectivity index is 1.31. The molecule has 1 aromatic rings. The van der Waals surface area contributed by atoms with Gasteiger partial charge < -0.3 is 10.2 Å². The largest absolute Gasteiger partial charge is 0.352 e. The summed E-state index contributed by atoms with van der Waals surface area (Å²) in [5.41, 5.74) is 0.782. The summed E-state index contributed by atoms with van der Waals surface area (Å²) in [4.78, 5) is 27.6. The minimum absolute atomic E-state index is 0.0151. The molecule has 5 heteroatoms. The molecule has 174 valence electrons. The van der Waals surface area contributed by atoms with Gasteiger partial charge in [-0.25, -0.2) is 4.39 Å². The monoisotopic (exact) mass is 440 g/mol. The van der Waals surface area contributed by atoms with Crippen LogP contribution in [-0.2, 0) is 16.1 Å². The molecule has 7 atom stereocenters. The molecule has 0 aromatic heterocycles. The predicted molar refractivity (Wildman–Crippen MR) is 122 cm³/mol. The van der Waals surface area contributed by atoms with E-state index < -0.39 is 0 Å². The second-order valence-corrected chi connectivity index (χ2v) is 11.5.